The van der Waals surface area contributed by atoms with E-state index in [9.17, 15) is 13.6 Å². The van der Waals surface area contributed by atoms with E-state index in [1.54, 1.807) is 32.0 Å². The molecule has 0 unspecified atom stereocenters. The first-order chi connectivity index (χ1) is 9.40. The van der Waals surface area contributed by atoms with Gasteiger partial charge in [-0.15, -0.1) is 4.83 Å². The van der Waals surface area contributed by atoms with E-state index in [2.05, 4.69) is 20.0 Å². The minimum absolute atomic E-state index is 0.0378. The van der Waals surface area contributed by atoms with Crippen molar-refractivity contribution in [2.45, 2.75) is 25.3 Å². The third-order valence-corrected chi connectivity index (χ3v) is 3.94. The molecule has 1 aromatic carbocycles. The van der Waals surface area contributed by atoms with Crippen LogP contribution in [0.3, 0.4) is 0 Å². The third kappa shape index (κ3) is 3.13. The Bertz CT molecular complexity index is 691. The van der Waals surface area contributed by atoms with Crippen LogP contribution in [0.1, 0.15) is 17.0 Å². The number of aryl methyl sites for hydroxylation is 2. The predicted molar refractivity (Wildman–Crippen MR) is 68.5 cm³/mol. The Hall–Kier alpha value is -1.97. The Labute approximate surface area is 116 Å². The van der Waals surface area contributed by atoms with E-state index in [1.807, 2.05) is 0 Å². The average molecular weight is 298 g/mol. The van der Waals surface area contributed by atoms with Gasteiger partial charge in [-0.3, -0.25) is 4.63 Å². The van der Waals surface area contributed by atoms with Crippen molar-refractivity contribution in [3.63, 3.8) is 0 Å². The molecule has 0 aliphatic heterocycles. The molecule has 0 saturated heterocycles. The molecule has 2 N–H and O–H groups in total. The molecular formula is C11H14N4O4S. The highest BCUT2D eigenvalue weighted by molar-refractivity contribution is 7.89. The molecule has 20 heavy (non-hydrogen) atoms. The zero-order valence-corrected chi connectivity index (χ0v) is 11.8. The molecule has 9 heteroatoms. The van der Waals surface area contributed by atoms with Gasteiger partial charge < -0.3 is 5.21 Å². The Morgan fingerprint density at radius 2 is 2.15 bits per heavy atom. The van der Waals surface area contributed by atoms with E-state index < -0.39 is 10.0 Å². The summed E-state index contributed by atoms with van der Waals surface area (Å²) in [4.78, 5) is 2.56. The van der Waals surface area contributed by atoms with Crippen LogP contribution in [0.2, 0.25) is 0 Å². The van der Waals surface area contributed by atoms with Crippen molar-refractivity contribution < 1.29 is 17.9 Å². The van der Waals surface area contributed by atoms with Crippen LogP contribution < -0.4 is 15.2 Å². The van der Waals surface area contributed by atoms with Gasteiger partial charge >= 0.3 is 0 Å². The monoisotopic (exact) mass is 298 g/mol. The van der Waals surface area contributed by atoms with E-state index >= 15 is 0 Å². The van der Waals surface area contributed by atoms with Gasteiger partial charge in [-0.2, -0.15) is 0 Å². The lowest BCUT2D eigenvalue weighted by molar-refractivity contribution is -0.808. The number of benzene rings is 1. The number of nitrogens with zero attached hydrogens (tertiary/aromatic N) is 2. The zero-order valence-electron chi connectivity index (χ0n) is 11.0. The summed E-state index contributed by atoms with van der Waals surface area (Å²) in [5, 5.41) is 14.6. The van der Waals surface area contributed by atoms with Crippen molar-refractivity contribution in [3.8, 4) is 0 Å². The van der Waals surface area contributed by atoms with Gasteiger partial charge in [-0.05, 0) is 29.5 Å². The highest BCUT2D eigenvalue weighted by Crippen LogP contribution is 2.09. The minimum Gasteiger partial charge on any atom is -0.359 e. The van der Waals surface area contributed by atoms with Crippen LogP contribution in [0.15, 0.2) is 33.8 Å². The maximum absolute atomic E-state index is 12.0. The van der Waals surface area contributed by atoms with Crippen LogP contribution in [0.5, 0.6) is 0 Å². The number of hydrogen-bond donors (Lipinski definition) is 2. The van der Waals surface area contributed by atoms with Crippen molar-refractivity contribution in [2.24, 2.45) is 0 Å². The fraction of sp³-hybridized carbons (Fsp3) is 0.273. The maximum Gasteiger partial charge on any atom is 0.253 e. The normalized spacial score (nSPS) is 11.7. The van der Waals surface area contributed by atoms with Gasteiger partial charge in [-0.25, -0.2) is 13.8 Å². The molecule has 1 heterocycles. The molecule has 0 atom stereocenters. The van der Waals surface area contributed by atoms with Crippen molar-refractivity contribution in [3.05, 3.63) is 46.4 Å². The standard InChI is InChI=1S/C11H14N4O4S/c1-8-4-3-5-10(6-8)20(17,18)14-12-7-11-9(2)13-19-15(11)16/h3-6,12,14H,7H2,1-2H3. The van der Waals surface area contributed by atoms with Gasteiger partial charge in [0.1, 0.15) is 0 Å². The highest BCUT2D eigenvalue weighted by Gasteiger charge is 2.17. The molecule has 0 aliphatic rings. The lowest BCUT2D eigenvalue weighted by Gasteiger charge is -2.07. The third-order valence-electron chi connectivity index (χ3n) is 2.65. The van der Waals surface area contributed by atoms with Crippen LogP contribution in [0.25, 0.3) is 0 Å². The van der Waals surface area contributed by atoms with Crippen molar-refractivity contribution in [1.29, 1.82) is 0 Å². The average Bonchev–Trinajstić information content (AvgIpc) is 2.70. The summed E-state index contributed by atoms with van der Waals surface area (Å²) in [5.74, 6) is 0. The molecule has 0 aliphatic carbocycles. The summed E-state index contributed by atoms with van der Waals surface area (Å²) < 4.78 is 28.3. The summed E-state index contributed by atoms with van der Waals surface area (Å²) >= 11 is 0. The van der Waals surface area contributed by atoms with Crippen molar-refractivity contribution >= 4 is 10.0 Å². The smallest absolute Gasteiger partial charge is 0.253 e. The Balaban J connectivity index is 2.04. The first kappa shape index (κ1) is 14.4. The summed E-state index contributed by atoms with van der Waals surface area (Å²) in [7, 11) is -3.69. The SMILES string of the molecule is Cc1cccc(S(=O)(=O)NNCc2c(C)no[n+]2[O-])c1. The molecule has 1 aromatic heterocycles. The first-order valence-corrected chi connectivity index (χ1v) is 7.25. The number of nitrogens with one attached hydrogen (secondary N) is 2. The number of hydrogen-bond acceptors (Lipinski definition) is 6. The van der Waals surface area contributed by atoms with Gasteiger partial charge in [-0.1, -0.05) is 12.1 Å². The topological polar surface area (TPSA) is 111 Å². The lowest BCUT2D eigenvalue weighted by atomic mass is 10.2. The van der Waals surface area contributed by atoms with E-state index in [-0.39, 0.29) is 22.0 Å². The van der Waals surface area contributed by atoms with E-state index in [1.165, 1.54) is 6.07 Å². The summed E-state index contributed by atoms with van der Waals surface area (Å²) in [6, 6.07) is 6.48. The molecule has 108 valence electrons. The van der Waals surface area contributed by atoms with E-state index in [0.717, 1.165) is 5.56 Å². The van der Waals surface area contributed by atoms with E-state index in [0.29, 0.717) is 5.69 Å². The zero-order chi connectivity index (χ0) is 14.8. The van der Waals surface area contributed by atoms with Crippen molar-refractivity contribution in [1.82, 2.24) is 15.4 Å². The van der Waals surface area contributed by atoms with Gasteiger partial charge in [0.05, 0.1) is 11.4 Å². The second kappa shape index (κ2) is 5.57. The number of rotatable bonds is 5. The number of sulfonamides is 1. The second-order valence-corrected chi connectivity index (χ2v) is 5.92. The molecule has 0 saturated carbocycles. The van der Waals surface area contributed by atoms with Gasteiger partial charge in [0, 0.05) is 12.1 Å². The van der Waals surface area contributed by atoms with Gasteiger partial charge in [0.2, 0.25) is 11.4 Å². The first-order valence-electron chi connectivity index (χ1n) is 5.76. The quantitative estimate of drug-likeness (QED) is 0.589. The molecule has 0 radical (unpaired) electrons. The van der Waals surface area contributed by atoms with E-state index in [4.69, 9.17) is 0 Å². The number of hydrazine groups is 1. The van der Waals surface area contributed by atoms with Crippen LogP contribution >= 0.6 is 0 Å². The Morgan fingerprint density at radius 1 is 1.40 bits per heavy atom. The number of aromatic nitrogens is 2. The molecule has 0 fully saturated rings. The van der Waals surface area contributed by atoms with Gasteiger partial charge in [0.15, 0.2) is 0 Å². The van der Waals surface area contributed by atoms with Crippen LogP contribution in [0.4, 0.5) is 0 Å². The second-order valence-electron chi connectivity index (χ2n) is 4.24. The lowest BCUT2D eigenvalue weighted by Crippen LogP contribution is -2.40. The van der Waals surface area contributed by atoms with Crippen LogP contribution in [-0.4, -0.2) is 13.6 Å². The molecule has 2 rings (SSSR count). The fourth-order valence-corrected chi connectivity index (χ4v) is 2.56. The minimum atomic E-state index is -3.69. The van der Waals surface area contributed by atoms with Crippen molar-refractivity contribution in [2.75, 3.05) is 0 Å². The molecule has 0 bridgehead atoms. The largest absolute Gasteiger partial charge is 0.359 e. The molecule has 2 aromatic rings. The summed E-state index contributed by atoms with van der Waals surface area (Å²) in [6.45, 7) is 3.35. The summed E-state index contributed by atoms with van der Waals surface area (Å²) in [6.07, 6.45) is 0. The predicted octanol–water partition coefficient (Wildman–Crippen LogP) is -0.0921. The Kier molecular flexibility index (Phi) is 4.02. The molecule has 0 spiro atoms. The van der Waals surface area contributed by atoms with Crippen LogP contribution in [0, 0.1) is 19.1 Å². The fourth-order valence-electron chi connectivity index (χ4n) is 1.58. The summed E-state index contributed by atoms with van der Waals surface area (Å²) in [5.41, 5.74) is 3.90. The molecule has 0 amide bonds. The Morgan fingerprint density at radius 3 is 2.75 bits per heavy atom. The maximum atomic E-state index is 12.0. The van der Waals surface area contributed by atoms with Gasteiger partial charge in [0.25, 0.3) is 10.0 Å². The molecular weight excluding hydrogens is 284 g/mol. The highest BCUT2D eigenvalue weighted by atomic mass is 32.2. The molecule has 8 nitrogen and oxygen atoms in total. The van der Waals surface area contributed by atoms with Crippen LogP contribution in [-0.2, 0) is 16.6 Å².